The molecule has 0 saturated heterocycles. The van der Waals surface area contributed by atoms with Crippen LogP contribution in [0.2, 0.25) is 0 Å². The summed E-state index contributed by atoms with van der Waals surface area (Å²) in [5, 5.41) is 5.60. The van der Waals surface area contributed by atoms with Gasteiger partial charge in [-0.25, -0.2) is 14.8 Å². The molecule has 0 unspecified atom stereocenters. The van der Waals surface area contributed by atoms with Gasteiger partial charge >= 0.3 is 6.03 Å². The third-order valence-corrected chi connectivity index (χ3v) is 5.02. The van der Waals surface area contributed by atoms with Crippen LogP contribution in [0.1, 0.15) is 5.56 Å². The van der Waals surface area contributed by atoms with Gasteiger partial charge in [-0.3, -0.25) is 0 Å². The standard InChI is InChI=1S/C17H18N4O3.C7H7N3/c1-23-15-6-3-11(7-16(15)24-2)9-18-17(22)21-12-4-5-13-14(8-12)20-10-19-13;8-5-1-2-6-7(3-5)10-4-9-6/h3-8,10H,9H2,1-2H3,(H,19,20)(H2,18,21,22);1-4H,8H2,(H,9,10). The number of nitrogens with one attached hydrogen (secondary N) is 4. The quantitative estimate of drug-likeness (QED) is 0.251. The number of hydrogen-bond donors (Lipinski definition) is 5. The number of nitrogens with two attached hydrogens (primary N) is 1. The summed E-state index contributed by atoms with van der Waals surface area (Å²) in [5.74, 6) is 1.28. The van der Waals surface area contributed by atoms with Crippen LogP contribution in [0.5, 0.6) is 11.5 Å². The molecule has 0 aliphatic heterocycles. The maximum absolute atomic E-state index is 12.0. The van der Waals surface area contributed by atoms with E-state index in [1.54, 1.807) is 39.0 Å². The van der Waals surface area contributed by atoms with Gasteiger partial charge in [-0.1, -0.05) is 6.07 Å². The highest BCUT2D eigenvalue weighted by molar-refractivity contribution is 5.91. The monoisotopic (exact) mass is 459 g/mol. The Morgan fingerprint density at radius 2 is 1.56 bits per heavy atom. The molecule has 2 amide bonds. The molecule has 0 radical (unpaired) electrons. The molecule has 10 heteroatoms. The van der Waals surface area contributed by atoms with Crippen LogP contribution < -0.4 is 25.8 Å². The van der Waals surface area contributed by atoms with Crippen molar-refractivity contribution in [1.29, 1.82) is 0 Å². The first-order valence-corrected chi connectivity index (χ1v) is 10.4. The lowest BCUT2D eigenvalue weighted by Crippen LogP contribution is -2.28. The summed E-state index contributed by atoms with van der Waals surface area (Å²) in [6, 6.07) is 16.3. The zero-order valence-electron chi connectivity index (χ0n) is 18.8. The molecule has 5 rings (SSSR count). The number of methoxy groups -OCH3 is 2. The number of urea groups is 1. The molecular formula is C24H25N7O3. The zero-order valence-corrected chi connectivity index (χ0v) is 18.8. The molecule has 10 nitrogen and oxygen atoms in total. The van der Waals surface area contributed by atoms with E-state index in [1.807, 2.05) is 42.5 Å². The molecule has 2 aromatic heterocycles. The number of nitrogens with zero attached hydrogens (tertiary/aromatic N) is 2. The summed E-state index contributed by atoms with van der Waals surface area (Å²) >= 11 is 0. The van der Waals surface area contributed by atoms with Crippen molar-refractivity contribution in [2.45, 2.75) is 6.54 Å². The number of hydrogen-bond acceptors (Lipinski definition) is 6. The average molecular weight is 460 g/mol. The van der Waals surface area contributed by atoms with Gasteiger partial charge < -0.3 is 35.8 Å². The molecule has 2 heterocycles. The Kier molecular flexibility index (Phi) is 6.78. The second-order valence-corrected chi connectivity index (χ2v) is 7.31. The van der Waals surface area contributed by atoms with Crippen molar-refractivity contribution in [2.75, 3.05) is 25.3 Å². The van der Waals surface area contributed by atoms with Crippen LogP contribution in [-0.2, 0) is 6.54 Å². The number of aromatic amines is 2. The number of carbonyl (C=O) groups is 1. The van der Waals surface area contributed by atoms with Gasteiger partial charge in [0.15, 0.2) is 11.5 Å². The van der Waals surface area contributed by atoms with Gasteiger partial charge in [0.1, 0.15) is 0 Å². The van der Waals surface area contributed by atoms with E-state index in [0.29, 0.717) is 23.7 Å². The number of amides is 2. The molecule has 3 aromatic carbocycles. The van der Waals surface area contributed by atoms with Gasteiger partial charge in [0.05, 0.1) is 48.9 Å². The van der Waals surface area contributed by atoms with E-state index >= 15 is 0 Å². The molecule has 0 spiro atoms. The molecule has 0 saturated carbocycles. The van der Waals surface area contributed by atoms with Crippen LogP contribution >= 0.6 is 0 Å². The van der Waals surface area contributed by atoms with Crippen molar-refractivity contribution < 1.29 is 14.3 Å². The first kappa shape index (κ1) is 22.5. The highest BCUT2D eigenvalue weighted by Gasteiger charge is 2.07. The van der Waals surface area contributed by atoms with Crippen LogP contribution in [0.15, 0.2) is 67.3 Å². The first-order valence-electron chi connectivity index (χ1n) is 10.4. The average Bonchev–Trinajstić information content (AvgIpc) is 3.51. The Morgan fingerprint density at radius 1 is 0.882 bits per heavy atom. The molecule has 6 N–H and O–H groups in total. The number of nitrogen functional groups attached to an aromatic ring is 1. The number of anilines is 2. The van der Waals surface area contributed by atoms with E-state index < -0.39 is 0 Å². The van der Waals surface area contributed by atoms with Crippen molar-refractivity contribution >= 4 is 39.5 Å². The number of ether oxygens (including phenoxy) is 2. The molecule has 0 bridgehead atoms. The fourth-order valence-electron chi connectivity index (χ4n) is 3.31. The Hall–Kier alpha value is -4.73. The van der Waals surface area contributed by atoms with Crippen molar-refractivity contribution in [1.82, 2.24) is 25.3 Å². The summed E-state index contributed by atoms with van der Waals surface area (Å²) in [6.07, 6.45) is 3.27. The van der Waals surface area contributed by atoms with E-state index in [2.05, 4.69) is 30.6 Å². The lowest BCUT2D eigenvalue weighted by Gasteiger charge is -2.11. The maximum Gasteiger partial charge on any atom is 0.319 e. The second-order valence-electron chi connectivity index (χ2n) is 7.31. The van der Waals surface area contributed by atoms with Crippen LogP contribution in [0.25, 0.3) is 22.1 Å². The number of H-pyrrole nitrogens is 2. The smallest absolute Gasteiger partial charge is 0.319 e. The van der Waals surface area contributed by atoms with E-state index in [0.717, 1.165) is 33.3 Å². The van der Waals surface area contributed by atoms with E-state index in [1.165, 1.54) is 0 Å². The number of imidazole rings is 2. The summed E-state index contributed by atoms with van der Waals surface area (Å²) in [7, 11) is 3.16. The molecule has 5 aromatic rings. The van der Waals surface area contributed by atoms with Gasteiger partial charge in [-0.15, -0.1) is 0 Å². The largest absolute Gasteiger partial charge is 0.493 e. The number of aromatic nitrogens is 4. The highest BCUT2D eigenvalue weighted by atomic mass is 16.5. The summed E-state index contributed by atoms with van der Waals surface area (Å²) in [5.41, 5.74) is 11.6. The van der Waals surface area contributed by atoms with E-state index in [-0.39, 0.29) is 6.03 Å². The lowest BCUT2D eigenvalue weighted by atomic mass is 10.2. The van der Waals surface area contributed by atoms with Gasteiger partial charge in [0.25, 0.3) is 0 Å². The van der Waals surface area contributed by atoms with Gasteiger partial charge in [-0.05, 0) is 54.1 Å². The molecule has 0 aliphatic carbocycles. The van der Waals surface area contributed by atoms with Crippen LogP contribution in [0.3, 0.4) is 0 Å². The van der Waals surface area contributed by atoms with Crippen LogP contribution in [0, 0.1) is 0 Å². The molecule has 0 fully saturated rings. The minimum absolute atomic E-state index is 0.288. The summed E-state index contributed by atoms with van der Waals surface area (Å²) in [4.78, 5) is 26.2. The third-order valence-electron chi connectivity index (χ3n) is 5.02. The lowest BCUT2D eigenvalue weighted by molar-refractivity contribution is 0.251. The van der Waals surface area contributed by atoms with Crippen molar-refractivity contribution in [3.05, 3.63) is 72.8 Å². The van der Waals surface area contributed by atoms with Crippen molar-refractivity contribution in [3.8, 4) is 11.5 Å². The zero-order chi connectivity index (χ0) is 23.9. The van der Waals surface area contributed by atoms with Gasteiger partial charge in [0.2, 0.25) is 0 Å². The van der Waals surface area contributed by atoms with Crippen molar-refractivity contribution in [3.63, 3.8) is 0 Å². The minimum Gasteiger partial charge on any atom is -0.493 e. The fourth-order valence-corrected chi connectivity index (χ4v) is 3.31. The number of carbonyl (C=O) groups excluding carboxylic acids is 1. The van der Waals surface area contributed by atoms with Gasteiger partial charge in [-0.2, -0.15) is 0 Å². The minimum atomic E-state index is -0.288. The highest BCUT2D eigenvalue weighted by Crippen LogP contribution is 2.27. The number of benzene rings is 3. The van der Waals surface area contributed by atoms with Crippen LogP contribution in [-0.4, -0.2) is 40.2 Å². The topological polar surface area (TPSA) is 143 Å². The van der Waals surface area contributed by atoms with Crippen molar-refractivity contribution in [2.24, 2.45) is 0 Å². The normalized spacial score (nSPS) is 10.4. The Bertz CT molecular complexity index is 1410. The van der Waals surface area contributed by atoms with Crippen LogP contribution in [0.4, 0.5) is 16.2 Å². The Balaban J connectivity index is 0.000000226. The molecule has 0 aliphatic rings. The first-order chi connectivity index (χ1) is 16.6. The van der Waals surface area contributed by atoms with E-state index in [9.17, 15) is 4.79 Å². The predicted molar refractivity (Wildman–Crippen MR) is 132 cm³/mol. The molecule has 174 valence electrons. The third kappa shape index (κ3) is 5.36. The fraction of sp³-hybridized carbons (Fsp3) is 0.125. The molecular weight excluding hydrogens is 434 g/mol. The number of rotatable bonds is 5. The predicted octanol–water partition coefficient (Wildman–Crippen LogP) is 4.05. The summed E-state index contributed by atoms with van der Waals surface area (Å²) < 4.78 is 10.4. The maximum atomic E-state index is 12.0. The van der Waals surface area contributed by atoms with E-state index in [4.69, 9.17) is 15.2 Å². The molecule has 34 heavy (non-hydrogen) atoms. The Labute approximate surface area is 195 Å². The molecule has 0 atom stereocenters. The summed E-state index contributed by atoms with van der Waals surface area (Å²) in [6.45, 7) is 0.374. The Morgan fingerprint density at radius 3 is 2.26 bits per heavy atom. The SMILES string of the molecule is COc1ccc(CNC(=O)Nc2ccc3nc[nH]c3c2)cc1OC.Nc1ccc2nc[nH]c2c1. The van der Waals surface area contributed by atoms with Gasteiger partial charge in [0, 0.05) is 17.9 Å². The number of fused-ring (bicyclic) bond motifs is 2. The second kappa shape index (κ2) is 10.3.